The Bertz CT molecular complexity index is 278. The van der Waals surface area contributed by atoms with Crippen LogP contribution in [0.2, 0.25) is 0 Å². The van der Waals surface area contributed by atoms with Crippen molar-refractivity contribution >= 4 is 0 Å². The minimum Gasteiger partial charge on any atom is -0.396 e. The van der Waals surface area contributed by atoms with Gasteiger partial charge in [0, 0.05) is 5.92 Å². The van der Waals surface area contributed by atoms with Gasteiger partial charge in [-0.05, 0) is 13.8 Å². The van der Waals surface area contributed by atoms with Crippen LogP contribution in [0.15, 0.2) is 0 Å². The van der Waals surface area contributed by atoms with Gasteiger partial charge in [-0.15, -0.1) is 0 Å². The molecule has 5 nitrogen and oxygen atoms in total. The molecule has 1 aliphatic carbocycles. The maximum atomic E-state index is 9.86. The van der Waals surface area contributed by atoms with Gasteiger partial charge in [0.2, 0.25) is 0 Å². The molecule has 2 saturated heterocycles. The molecule has 0 aromatic carbocycles. The van der Waals surface area contributed by atoms with Crippen LogP contribution in [0.3, 0.4) is 0 Å². The lowest BCUT2D eigenvalue weighted by molar-refractivity contribution is -0.253. The van der Waals surface area contributed by atoms with Gasteiger partial charge in [0.05, 0.1) is 12.5 Å². The second-order valence-electron chi connectivity index (χ2n) is 4.65. The Kier molecular flexibility index (Phi) is 1.49. The van der Waals surface area contributed by atoms with E-state index < -0.39 is 17.9 Å². The second-order valence-corrected chi connectivity index (χ2v) is 4.65. The molecule has 2 aliphatic heterocycles. The van der Waals surface area contributed by atoms with Crippen LogP contribution in [0.4, 0.5) is 0 Å². The summed E-state index contributed by atoms with van der Waals surface area (Å²) in [6.07, 6.45) is -0.727. The molecule has 0 aromatic heterocycles. The fraction of sp³-hybridized carbons (Fsp3) is 1.00. The van der Waals surface area contributed by atoms with Crippen molar-refractivity contribution in [3.8, 4) is 0 Å². The topological polar surface area (TPSA) is 68.2 Å². The quantitative estimate of drug-likeness (QED) is 0.595. The maximum Gasteiger partial charge on any atom is 0.190 e. The summed E-state index contributed by atoms with van der Waals surface area (Å²) in [5.74, 6) is -2.22. The average Bonchev–Trinajstić information content (AvgIpc) is 2.36. The molecule has 3 fully saturated rings. The van der Waals surface area contributed by atoms with Crippen LogP contribution in [0.5, 0.6) is 0 Å². The standard InChI is InChI=1S/C9H14O5/c1-8(2)12-6-5-4(3-10)9(5,11)14-7(6)13-8/h4-7,10-11H,3H2,1-2H3/t4-,5?,6?,7+,9?/m1/s1. The molecule has 3 rings (SSSR count). The average molecular weight is 202 g/mol. The van der Waals surface area contributed by atoms with Crippen molar-refractivity contribution < 1.29 is 24.4 Å². The van der Waals surface area contributed by atoms with Crippen molar-refractivity contribution in [1.82, 2.24) is 0 Å². The predicted molar refractivity (Wildman–Crippen MR) is 43.9 cm³/mol. The Morgan fingerprint density at radius 1 is 1.21 bits per heavy atom. The molecule has 0 spiro atoms. The van der Waals surface area contributed by atoms with Gasteiger partial charge >= 0.3 is 0 Å². The van der Waals surface area contributed by atoms with Crippen molar-refractivity contribution in [3.05, 3.63) is 0 Å². The van der Waals surface area contributed by atoms with Crippen molar-refractivity contribution in [2.24, 2.45) is 11.8 Å². The van der Waals surface area contributed by atoms with Crippen LogP contribution >= 0.6 is 0 Å². The highest BCUT2D eigenvalue weighted by Gasteiger charge is 2.78. The third-order valence-corrected chi connectivity index (χ3v) is 3.28. The van der Waals surface area contributed by atoms with Gasteiger partial charge in [0.15, 0.2) is 17.9 Å². The highest BCUT2D eigenvalue weighted by molar-refractivity contribution is 5.15. The lowest BCUT2D eigenvalue weighted by Gasteiger charge is -2.18. The zero-order valence-corrected chi connectivity index (χ0v) is 8.14. The van der Waals surface area contributed by atoms with Crippen LogP contribution in [0.25, 0.3) is 0 Å². The summed E-state index contributed by atoms with van der Waals surface area (Å²) in [4.78, 5) is 0. The third-order valence-electron chi connectivity index (χ3n) is 3.28. The normalized spacial score (nSPS) is 58.3. The molecule has 2 N–H and O–H groups in total. The van der Waals surface area contributed by atoms with E-state index in [9.17, 15) is 5.11 Å². The fourth-order valence-electron chi connectivity index (χ4n) is 2.60. The minimum absolute atomic E-state index is 0.0752. The van der Waals surface area contributed by atoms with Gasteiger partial charge in [0.25, 0.3) is 0 Å². The lowest BCUT2D eigenvalue weighted by Crippen LogP contribution is -2.28. The number of fused-ring (bicyclic) bond motifs is 3. The van der Waals surface area contributed by atoms with Crippen LogP contribution < -0.4 is 0 Å². The van der Waals surface area contributed by atoms with E-state index in [0.29, 0.717) is 0 Å². The van der Waals surface area contributed by atoms with E-state index in [-0.39, 0.29) is 24.5 Å². The van der Waals surface area contributed by atoms with Gasteiger partial charge in [-0.25, -0.2) is 0 Å². The van der Waals surface area contributed by atoms with Crippen LogP contribution in [0.1, 0.15) is 13.8 Å². The number of hydrogen-bond acceptors (Lipinski definition) is 5. The van der Waals surface area contributed by atoms with Crippen LogP contribution in [-0.4, -0.2) is 40.8 Å². The Morgan fingerprint density at radius 3 is 2.57 bits per heavy atom. The molecule has 3 unspecified atom stereocenters. The second kappa shape index (κ2) is 2.31. The maximum absolute atomic E-state index is 9.86. The summed E-state index contributed by atoms with van der Waals surface area (Å²) >= 11 is 0. The van der Waals surface area contributed by atoms with Crippen molar-refractivity contribution in [3.63, 3.8) is 0 Å². The molecule has 5 heteroatoms. The molecule has 0 amide bonds. The Labute approximate surface area is 81.6 Å². The van der Waals surface area contributed by atoms with Crippen LogP contribution in [0, 0.1) is 11.8 Å². The zero-order valence-electron chi connectivity index (χ0n) is 8.14. The Hall–Kier alpha value is -0.200. The van der Waals surface area contributed by atoms with E-state index in [2.05, 4.69) is 0 Å². The van der Waals surface area contributed by atoms with E-state index in [1.807, 2.05) is 13.8 Å². The molecule has 80 valence electrons. The van der Waals surface area contributed by atoms with Gasteiger partial charge in [-0.1, -0.05) is 0 Å². The molecule has 1 saturated carbocycles. The predicted octanol–water partition coefficient (Wildman–Crippen LogP) is -0.579. The molecule has 3 aliphatic rings. The summed E-state index contributed by atoms with van der Waals surface area (Å²) in [7, 11) is 0. The first-order valence-corrected chi connectivity index (χ1v) is 4.84. The van der Waals surface area contributed by atoms with E-state index in [0.717, 1.165) is 0 Å². The summed E-state index contributed by atoms with van der Waals surface area (Å²) in [6, 6.07) is 0. The smallest absolute Gasteiger partial charge is 0.190 e. The van der Waals surface area contributed by atoms with Crippen molar-refractivity contribution in [1.29, 1.82) is 0 Å². The first-order valence-electron chi connectivity index (χ1n) is 4.84. The van der Waals surface area contributed by atoms with E-state index in [1.54, 1.807) is 0 Å². The lowest BCUT2D eigenvalue weighted by atomic mass is 10.2. The first kappa shape index (κ1) is 9.06. The number of rotatable bonds is 1. The molecular formula is C9H14O5. The largest absolute Gasteiger partial charge is 0.396 e. The summed E-state index contributed by atoms with van der Waals surface area (Å²) < 4.78 is 16.4. The highest BCUT2D eigenvalue weighted by atomic mass is 16.9. The summed E-state index contributed by atoms with van der Waals surface area (Å²) in [5.41, 5.74) is 0. The molecule has 0 aromatic rings. The number of hydrogen-bond donors (Lipinski definition) is 2. The van der Waals surface area contributed by atoms with Gasteiger partial charge in [-0.3, -0.25) is 0 Å². The zero-order chi connectivity index (χ0) is 10.1. The number of aliphatic hydroxyl groups excluding tert-OH is 1. The molecular weight excluding hydrogens is 188 g/mol. The van der Waals surface area contributed by atoms with Crippen LogP contribution in [-0.2, 0) is 14.2 Å². The molecule has 0 bridgehead atoms. The van der Waals surface area contributed by atoms with Gasteiger partial charge in [-0.2, -0.15) is 0 Å². The molecule has 14 heavy (non-hydrogen) atoms. The molecule has 2 heterocycles. The van der Waals surface area contributed by atoms with E-state index in [4.69, 9.17) is 19.3 Å². The van der Waals surface area contributed by atoms with E-state index >= 15 is 0 Å². The fourth-order valence-corrected chi connectivity index (χ4v) is 2.60. The number of ether oxygens (including phenoxy) is 3. The van der Waals surface area contributed by atoms with E-state index in [1.165, 1.54) is 0 Å². The SMILES string of the molecule is CC1(C)OC2C3[C@@H](CO)C3(O)O[C@@H]2O1. The number of aliphatic hydroxyl groups is 2. The van der Waals surface area contributed by atoms with Gasteiger partial charge < -0.3 is 24.4 Å². The Balaban J connectivity index is 1.81. The van der Waals surface area contributed by atoms with Gasteiger partial charge in [0.1, 0.15) is 6.10 Å². The first-order chi connectivity index (χ1) is 6.48. The molecule has 0 radical (unpaired) electrons. The summed E-state index contributed by atoms with van der Waals surface area (Å²) in [6.45, 7) is 3.54. The van der Waals surface area contributed by atoms with Crippen molar-refractivity contribution in [2.75, 3.05) is 6.61 Å². The van der Waals surface area contributed by atoms with Crippen molar-refractivity contribution in [2.45, 2.75) is 37.8 Å². The Morgan fingerprint density at radius 2 is 1.93 bits per heavy atom. The monoisotopic (exact) mass is 202 g/mol. The summed E-state index contributed by atoms with van der Waals surface area (Å²) in [5, 5.41) is 18.9. The molecule has 5 atom stereocenters. The highest BCUT2D eigenvalue weighted by Crippen LogP contribution is 2.63. The third kappa shape index (κ3) is 0.914. The minimum atomic E-state index is -1.21.